The molecule has 206 valence electrons. The predicted octanol–water partition coefficient (Wildman–Crippen LogP) is 4.54. The highest BCUT2D eigenvalue weighted by molar-refractivity contribution is 5.91. The summed E-state index contributed by atoms with van der Waals surface area (Å²) in [5, 5.41) is 19.2. The Morgan fingerprint density at radius 2 is 1.31 bits per heavy atom. The first kappa shape index (κ1) is 33.2. The van der Waals surface area contributed by atoms with Gasteiger partial charge in [-0.3, -0.25) is 9.59 Å². The van der Waals surface area contributed by atoms with Gasteiger partial charge >= 0.3 is 6.09 Å². The molecule has 0 fully saturated rings. The average Bonchev–Trinajstić information content (AvgIpc) is 2.70. The Morgan fingerprint density at radius 1 is 0.800 bits per heavy atom. The van der Waals surface area contributed by atoms with Crippen molar-refractivity contribution in [2.75, 3.05) is 0 Å². The second kappa shape index (κ2) is 16.0. The topological polar surface area (TPSA) is 117 Å². The van der Waals surface area contributed by atoms with Gasteiger partial charge in [0.2, 0.25) is 11.8 Å². The zero-order valence-electron chi connectivity index (χ0n) is 23.9. The average molecular weight is 500 g/mol. The molecule has 0 radical (unpaired) electrons. The summed E-state index contributed by atoms with van der Waals surface area (Å²) in [7, 11) is 0. The summed E-state index contributed by atoms with van der Waals surface area (Å²) in [4.78, 5) is 38.6. The van der Waals surface area contributed by atoms with E-state index in [9.17, 15) is 19.5 Å². The third-order valence-electron chi connectivity index (χ3n) is 5.74. The number of rotatable bonds is 15. The summed E-state index contributed by atoms with van der Waals surface area (Å²) in [5.41, 5.74) is -0.689. The van der Waals surface area contributed by atoms with Gasteiger partial charge in [0.05, 0.1) is 12.1 Å². The number of nitrogens with one attached hydrogen (secondary N) is 3. The highest BCUT2D eigenvalue weighted by Crippen LogP contribution is 2.16. The summed E-state index contributed by atoms with van der Waals surface area (Å²) in [6.45, 7) is 18.9. The van der Waals surface area contributed by atoms with Gasteiger partial charge in [-0.15, -0.1) is 0 Å². The molecular weight excluding hydrogens is 446 g/mol. The molecule has 0 rings (SSSR count). The molecule has 0 aliphatic heterocycles. The van der Waals surface area contributed by atoms with E-state index in [-0.39, 0.29) is 23.8 Å². The number of aliphatic hydroxyl groups excluding tert-OH is 1. The largest absolute Gasteiger partial charge is 0.444 e. The molecule has 8 heteroatoms. The fourth-order valence-electron chi connectivity index (χ4n) is 3.82. The van der Waals surface area contributed by atoms with Crippen molar-refractivity contribution in [1.82, 2.24) is 16.0 Å². The van der Waals surface area contributed by atoms with E-state index in [1.54, 1.807) is 20.8 Å². The zero-order valence-corrected chi connectivity index (χ0v) is 23.9. The van der Waals surface area contributed by atoms with Gasteiger partial charge in [0.1, 0.15) is 17.7 Å². The number of unbranched alkanes of at least 4 members (excludes halogenated alkanes) is 3. The summed E-state index contributed by atoms with van der Waals surface area (Å²) in [5.74, 6) is -0.876. The number of hydrogen-bond acceptors (Lipinski definition) is 5. The molecule has 0 aromatic heterocycles. The normalized spacial score (nSPS) is 15.5. The first-order valence-corrected chi connectivity index (χ1v) is 13.4. The first-order valence-electron chi connectivity index (χ1n) is 13.4. The maximum absolute atomic E-state index is 13.2. The molecule has 0 aliphatic rings. The van der Waals surface area contributed by atoms with Crippen molar-refractivity contribution in [3.63, 3.8) is 0 Å². The van der Waals surface area contributed by atoms with Crippen LogP contribution < -0.4 is 16.0 Å². The van der Waals surface area contributed by atoms with E-state index in [1.165, 1.54) is 0 Å². The SMILES string of the molecule is CCCCCCC(O)C(CC(C)C)NC(=O)[C@@H](NC(=O)[C@@H](NC(=O)OC(C)(C)C)C(C)C)C(C)C. The molecule has 0 aliphatic carbocycles. The summed E-state index contributed by atoms with van der Waals surface area (Å²) >= 11 is 0. The number of carbonyl (C=O) groups excluding carboxylic acids is 3. The standard InChI is InChI=1S/C27H53N3O5/c1-11-12-13-14-15-21(31)20(16-17(2)3)28-24(32)22(18(4)5)29-25(33)23(19(6)7)30-26(34)35-27(8,9)10/h17-23,31H,11-16H2,1-10H3,(H,28,32)(H,29,33)(H,30,34)/t20?,21?,22-,23-/m0/s1. The zero-order chi connectivity index (χ0) is 27.3. The number of aliphatic hydroxyl groups is 1. The number of carbonyl (C=O) groups is 3. The monoisotopic (exact) mass is 499 g/mol. The Bertz CT molecular complexity index is 643. The summed E-state index contributed by atoms with van der Waals surface area (Å²) < 4.78 is 5.29. The van der Waals surface area contributed by atoms with Crippen LogP contribution >= 0.6 is 0 Å². The quantitative estimate of drug-likeness (QED) is 0.247. The molecule has 35 heavy (non-hydrogen) atoms. The molecule has 0 spiro atoms. The Morgan fingerprint density at radius 3 is 1.77 bits per heavy atom. The van der Waals surface area contributed by atoms with E-state index in [1.807, 2.05) is 27.7 Å². The minimum atomic E-state index is -0.852. The molecule has 4 N–H and O–H groups in total. The lowest BCUT2D eigenvalue weighted by atomic mass is 9.94. The first-order chi connectivity index (χ1) is 16.1. The van der Waals surface area contributed by atoms with E-state index >= 15 is 0 Å². The second-order valence-electron chi connectivity index (χ2n) is 11.8. The Labute approximate surface area is 213 Å². The van der Waals surface area contributed by atoms with Gasteiger partial charge in [0.25, 0.3) is 0 Å². The molecule has 0 aromatic rings. The van der Waals surface area contributed by atoms with Crippen molar-refractivity contribution in [3.05, 3.63) is 0 Å². The Kier molecular flexibility index (Phi) is 15.2. The fraction of sp³-hybridized carbons (Fsp3) is 0.889. The maximum atomic E-state index is 13.2. The Hall–Kier alpha value is -1.83. The lowest BCUT2D eigenvalue weighted by Crippen LogP contribution is -2.59. The van der Waals surface area contributed by atoms with E-state index in [0.717, 1.165) is 25.7 Å². The number of amides is 3. The Balaban J connectivity index is 5.37. The smallest absolute Gasteiger partial charge is 0.408 e. The van der Waals surface area contributed by atoms with Crippen LogP contribution in [0.4, 0.5) is 4.79 Å². The molecule has 0 bridgehead atoms. The lowest BCUT2D eigenvalue weighted by molar-refractivity contribution is -0.132. The van der Waals surface area contributed by atoms with Gasteiger partial charge in [0.15, 0.2) is 0 Å². The van der Waals surface area contributed by atoms with Crippen LogP contribution in [0.2, 0.25) is 0 Å². The van der Waals surface area contributed by atoms with Crippen LogP contribution in [-0.4, -0.2) is 52.8 Å². The van der Waals surface area contributed by atoms with Crippen LogP contribution in [0, 0.1) is 17.8 Å². The molecule has 8 nitrogen and oxygen atoms in total. The third kappa shape index (κ3) is 14.4. The van der Waals surface area contributed by atoms with Crippen LogP contribution in [0.5, 0.6) is 0 Å². The fourth-order valence-corrected chi connectivity index (χ4v) is 3.82. The maximum Gasteiger partial charge on any atom is 0.408 e. The molecule has 0 aromatic carbocycles. The molecular formula is C27H53N3O5. The second-order valence-corrected chi connectivity index (χ2v) is 11.8. The van der Waals surface area contributed by atoms with Crippen molar-refractivity contribution in [2.24, 2.45) is 17.8 Å². The van der Waals surface area contributed by atoms with Crippen LogP contribution in [-0.2, 0) is 14.3 Å². The highest BCUT2D eigenvalue weighted by Gasteiger charge is 2.33. The number of alkyl carbamates (subject to hydrolysis) is 1. The van der Waals surface area contributed by atoms with E-state index in [2.05, 4.69) is 36.7 Å². The van der Waals surface area contributed by atoms with Gasteiger partial charge in [-0.05, 0) is 51.4 Å². The summed E-state index contributed by atoms with van der Waals surface area (Å²) in [6, 6.07) is -2.04. The van der Waals surface area contributed by atoms with Crippen molar-refractivity contribution < 1.29 is 24.2 Å². The molecule has 0 heterocycles. The number of hydrogen-bond donors (Lipinski definition) is 4. The molecule has 3 amide bonds. The van der Waals surface area contributed by atoms with Crippen LogP contribution in [0.25, 0.3) is 0 Å². The molecule has 0 saturated carbocycles. The third-order valence-corrected chi connectivity index (χ3v) is 5.74. The van der Waals surface area contributed by atoms with Crippen molar-refractivity contribution >= 4 is 17.9 Å². The van der Waals surface area contributed by atoms with E-state index in [4.69, 9.17) is 4.74 Å². The van der Waals surface area contributed by atoms with Gasteiger partial charge in [-0.1, -0.05) is 74.1 Å². The van der Waals surface area contributed by atoms with Gasteiger partial charge < -0.3 is 25.8 Å². The predicted molar refractivity (Wildman–Crippen MR) is 141 cm³/mol. The van der Waals surface area contributed by atoms with E-state index < -0.39 is 35.8 Å². The van der Waals surface area contributed by atoms with E-state index in [0.29, 0.717) is 18.8 Å². The lowest BCUT2D eigenvalue weighted by Gasteiger charge is -2.31. The van der Waals surface area contributed by atoms with Crippen molar-refractivity contribution in [2.45, 2.75) is 138 Å². The molecule has 0 saturated heterocycles. The van der Waals surface area contributed by atoms with Crippen LogP contribution in [0.1, 0.15) is 108 Å². The number of ether oxygens (including phenoxy) is 1. The van der Waals surface area contributed by atoms with Crippen LogP contribution in [0.15, 0.2) is 0 Å². The van der Waals surface area contributed by atoms with Crippen molar-refractivity contribution in [1.29, 1.82) is 0 Å². The van der Waals surface area contributed by atoms with Crippen LogP contribution in [0.3, 0.4) is 0 Å². The van der Waals surface area contributed by atoms with Gasteiger partial charge in [-0.25, -0.2) is 4.79 Å². The molecule has 2 unspecified atom stereocenters. The minimum Gasteiger partial charge on any atom is -0.444 e. The summed E-state index contributed by atoms with van der Waals surface area (Å²) in [6.07, 6.45) is 4.18. The highest BCUT2D eigenvalue weighted by atomic mass is 16.6. The van der Waals surface area contributed by atoms with Gasteiger partial charge in [0, 0.05) is 0 Å². The molecule has 4 atom stereocenters. The van der Waals surface area contributed by atoms with Crippen molar-refractivity contribution in [3.8, 4) is 0 Å². The van der Waals surface area contributed by atoms with Gasteiger partial charge in [-0.2, -0.15) is 0 Å². The minimum absolute atomic E-state index is 0.185.